The van der Waals surface area contributed by atoms with Gasteiger partial charge in [0.05, 0.1) is 16.8 Å². The lowest BCUT2D eigenvalue weighted by Gasteiger charge is -2.18. The van der Waals surface area contributed by atoms with E-state index in [4.69, 9.17) is 11.6 Å². The molecule has 18 heavy (non-hydrogen) atoms. The summed E-state index contributed by atoms with van der Waals surface area (Å²) in [6, 6.07) is 8.36. The highest BCUT2D eigenvalue weighted by atomic mass is 35.5. The minimum atomic E-state index is -0.227. The van der Waals surface area contributed by atoms with E-state index in [2.05, 4.69) is 10.3 Å². The van der Waals surface area contributed by atoms with Gasteiger partial charge in [0.1, 0.15) is 5.82 Å². The average molecular weight is 265 g/mol. The quantitative estimate of drug-likeness (QED) is 0.918. The first kappa shape index (κ1) is 13.0. The van der Waals surface area contributed by atoms with Gasteiger partial charge < -0.3 is 5.32 Å². The van der Waals surface area contributed by atoms with Crippen LogP contribution in [0.1, 0.15) is 22.9 Å². The van der Waals surface area contributed by atoms with Gasteiger partial charge in [-0.3, -0.25) is 4.98 Å². The zero-order chi connectivity index (χ0) is 13.1. The monoisotopic (exact) mass is 264 g/mol. The van der Waals surface area contributed by atoms with Gasteiger partial charge in [0.2, 0.25) is 0 Å². The number of rotatable bonds is 3. The molecule has 1 atom stereocenters. The molecule has 2 nitrogen and oxygen atoms in total. The van der Waals surface area contributed by atoms with Crippen molar-refractivity contribution >= 4 is 11.6 Å². The summed E-state index contributed by atoms with van der Waals surface area (Å²) in [7, 11) is 1.85. The SMILES string of the molecule is CNC(c1ccc(Cl)cn1)c1ccc(F)cc1C. The van der Waals surface area contributed by atoms with Crippen molar-refractivity contribution in [2.24, 2.45) is 0 Å². The first-order valence-corrected chi connectivity index (χ1v) is 6.04. The predicted molar refractivity (Wildman–Crippen MR) is 71.3 cm³/mol. The highest BCUT2D eigenvalue weighted by molar-refractivity contribution is 6.30. The van der Waals surface area contributed by atoms with E-state index >= 15 is 0 Å². The number of aryl methyl sites for hydroxylation is 1. The van der Waals surface area contributed by atoms with E-state index in [0.717, 1.165) is 16.8 Å². The normalized spacial score (nSPS) is 12.4. The Labute approximate surface area is 111 Å². The fourth-order valence-electron chi connectivity index (χ4n) is 1.98. The number of halogens is 2. The van der Waals surface area contributed by atoms with Crippen LogP contribution in [0, 0.1) is 12.7 Å². The molecule has 1 unspecified atom stereocenters. The molecule has 94 valence electrons. The van der Waals surface area contributed by atoms with Crippen molar-refractivity contribution in [3.8, 4) is 0 Å². The van der Waals surface area contributed by atoms with Gasteiger partial charge in [0.15, 0.2) is 0 Å². The Morgan fingerprint density at radius 2 is 2.06 bits per heavy atom. The largest absolute Gasteiger partial charge is 0.308 e. The average Bonchev–Trinajstić information content (AvgIpc) is 2.35. The van der Waals surface area contributed by atoms with Crippen LogP contribution < -0.4 is 5.32 Å². The Kier molecular flexibility index (Phi) is 3.94. The maximum Gasteiger partial charge on any atom is 0.123 e. The summed E-state index contributed by atoms with van der Waals surface area (Å²) >= 11 is 5.83. The third-order valence-corrected chi connectivity index (χ3v) is 3.10. The molecule has 0 aliphatic heterocycles. The summed E-state index contributed by atoms with van der Waals surface area (Å²) < 4.78 is 13.1. The molecule has 0 fully saturated rings. The second-order valence-corrected chi connectivity index (χ2v) is 4.56. The first-order chi connectivity index (χ1) is 8.61. The van der Waals surface area contributed by atoms with E-state index in [-0.39, 0.29) is 11.9 Å². The second kappa shape index (κ2) is 5.46. The third kappa shape index (κ3) is 2.68. The van der Waals surface area contributed by atoms with Crippen LogP contribution in [0.3, 0.4) is 0 Å². The van der Waals surface area contributed by atoms with E-state index in [1.807, 2.05) is 20.0 Å². The molecular weight excluding hydrogens is 251 g/mol. The lowest BCUT2D eigenvalue weighted by Crippen LogP contribution is -2.19. The number of aromatic nitrogens is 1. The molecule has 1 heterocycles. The van der Waals surface area contributed by atoms with E-state index in [0.29, 0.717) is 5.02 Å². The summed E-state index contributed by atoms with van der Waals surface area (Å²) in [5.74, 6) is -0.227. The Morgan fingerprint density at radius 3 is 2.61 bits per heavy atom. The van der Waals surface area contributed by atoms with Gasteiger partial charge in [-0.05, 0) is 49.4 Å². The molecule has 0 aliphatic rings. The van der Waals surface area contributed by atoms with Crippen LogP contribution in [0.5, 0.6) is 0 Å². The van der Waals surface area contributed by atoms with Crippen LogP contribution in [0.15, 0.2) is 36.5 Å². The minimum absolute atomic E-state index is 0.0668. The van der Waals surface area contributed by atoms with Gasteiger partial charge in [0, 0.05) is 6.20 Å². The Hall–Kier alpha value is -1.45. The fraction of sp³-hybridized carbons (Fsp3) is 0.214. The van der Waals surface area contributed by atoms with E-state index in [9.17, 15) is 4.39 Å². The number of nitrogens with one attached hydrogen (secondary N) is 1. The van der Waals surface area contributed by atoms with Crippen LogP contribution in [0.4, 0.5) is 4.39 Å². The van der Waals surface area contributed by atoms with Gasteiger partial charge in [-0.15, -0.1) is 0 Å². The van der Waals surface area contributed by atoms with Crippen LogP contribution in [-0.4, -0.2) is 12.0 Å². The van der Waals surface area contributed by atoms with Crippen LogP contribution in [-0.2, 0) is 0 Å². The molecule has 0 amide bonds. The van der Waals surface area contributed by atoms with Crippen molar-refractivity contribution in [2.75, 3.05) is 7.05 Å². The van der Waals surface area contributed by atoms with Crippen molar-refractivity contribution in [1.29, 1.82) is 0 Å². The summed E-state index contributed by atoms with van der Waals surface area (Å²) in [4.78, 5) is 4.30. The number of nitrogens with zero attached hydrogens (tertiary/aromatic N) is 1. The number of hydrogen-bond donors (Lipinski definition) is 1. The Morgan fingerprint density at radius 1 is 1.28 bits per heavy atom. The fourth-order valence-corrected chi connectivity index (χ4v) is 2.10. The van der Waals surface area contributed by atoms with Gasteiger partial charge >= 0.3 is 0 Å². The highest BCUT2D eigenvalue weighted by Crippen LogP contribution is 2.24. The van der Waals surface area contributed by atoms with Gasteiger partial charge in [-0.2, -0.15) is 0 Å². The molecule has 1 aromatic heterocycles. The summed E-state index contributed by atoms with van der Waals surface area (Å²) in [6.07, 6.45) is 1.61. The van der Waals surface area contributed by atoms with Crippen molar-refractivity contribution in [3.63, 3.8) is 0 Å². The van der Waals surface area contributed by atoms with Crippen molar-refractivity contribution in [1.82, 2.24) is 10.3 Å². The lowest BCUT2D eigenvalue weighted by molar-refractivity contribution is 0.619. The van der Waals surface area contributed by atoms with E-state index in [1.54, 1.807) is 18.3 Å². The maximum absolute atomic E-state index is 13.1. The Bertz CT molecular complexity index is 540. The predicted octanol–water partition coefficient (Wildman–Crippen LogP) is 3.49. The number of benzene rings is 1. The zero-order valence-corrected chi connectivity index (χ0v) is 11.0. The van der Waals surface area contributed by atoms with Gasteiger partial charge in [-0.1, -0.05) is 17.7 Å². The number of hydrogen-bond acceptors (Lipinski definition) is 2. The Balaban J connectivity index is 2.41. The minimum Gasteiger partial charge on any atom is -0.308 e. The van der Waals surface area contributed by atoms with Crippen molar-refractivity contribution in [2.45, 2.75) is 13.0 Å². The number of pyridine rings is 1. The smallest absolute Gasteiger partial charge is 0.123 e. The molecule has 1 N–H and O–H groups in total. The summed E-state index contributed by atoms with van der Waals surface area (Å²) in [5.41, 5.74) is 2.76. The summed E-state index contributed by atoms with van der Waals surface area (Å²) in [5, 5.41) is 3.79. The lowest BCUT2D eigenvalue weighted by atomic mass is 9.98. The molecule has 0 spiro atoms. The van der Waals surface area contributed by atoms with Gasteiger partial charge in [0.25, 0.3) is 0 Å². The maximum atomic E-state index is 13.1. The molecule has 0 aliphatic carbocycles. The molecule has 0 radical (unpaired) electrons. The summed E-state index contributed by atoms with van der Waals surface area (Å²) in [6.45, 7) is 1.89. The third-order valence-electron chi connectivity index (χ3n) is 2.88. The van der Waals surface area contributed by atoms with Crippen LogP contribution in [0.25, 0.3) is 0 Å². The van der Waals surface area contributed by atoms with E-state index < -0.39 is 0 Å². The molecule has 0 saturated carbocycles. The zero-order valence-electron chi connectivity index (χ0n) is 10.2. The van der Waals surface area contributed by atoms with Gasteiger partial charge in [-0.25, -0.2) is 4.39 Å². The van der Waals surface area contributed by atoms with Crippen LogP contribution in [0.2, 0.25) is 5.02 Å². The molecular formula is C14H14ClFN2. The van der Waals surface area contributed by atoms with Crippen LogP contribution >= 0.6 is 11.6 Å². The molecule has 2 rings (SSSR count). The second-order valence-electron chi connectivity index (χ2n) is 4.12. The van der Waals surface area contributed by atoms with Crippen molar-refractivity contribution < 1.29 is 4.39 Å². The molecule has 0 bridgehead atoms. The molecule has 0 saturated heterocycles. The first-order valence-electron chi connectivity index (χ1n) is 5.66. The highest BCUT2D eigenvalue weighted by Gasteiger charge is 2.15. The topological polar surface area (TPSA) is 24.9 Å². The molecule has 2 aromatic rings. The standard InChI is InChI=1S/C14H14ClFN2/c1-9-7-11(16)4-5-12(9)14(17-2)13-6-3-10(15)8-18-13/h3-8,14,17H,1-2H3. The van der Waals surface area contributed by atoms with Crippen molar-refractivity contribution in [3.05, 3.63) is 64.2 Å². The van der Waals surface area contributed by atoms with E-state index in [1.165, 1.54) is 12.1 Å². The molecule has 4 heteroatoms. The molecule has 1 aromatic carbocycles.